The molecule has 0 aromatic heterocycles. The summed E-state index contributed by atoms with van der Waals surface area (Å²) < 4.78 is 5.60. The molecule has 0 bridgehead atoms. The molecule has 1 fully saturated rings. The molecule has 7 heteroatoms. The van der Waals surface area contributed by atoms with E-state index in [1.807, 2.05) is 31.2 Å². The van der Waals surface area contributed by atoms with Gasteiger partial charge >= 0.3 is 12.1 Å². The van der Waals surface area contributed by atoms with Gasteiger partial charge < -0.3 is 20.1 Å². The number of carboxylic acids is 1. The molecule has 0 saturated heterocycles. The predicted molar refractivity (Wildman–Crippen MR) is 133 cm³/mol. The van der Waals surface area contributed by atoms with Gasteiger partial charge in [0.05, 0.1) is 5.92 Å². The quantitative estimate of drug-likeness (QED) is 0.540. The van der Waals surface area contributed by atoms with Gasteiger partial charge in [0, 0.05) is 19.5 Å². The Morgan fingerprint density at radius 1 is 1.06 bits per heavy atom. The summed E-state index contributed by atoms with van der Waals surface area (Å²) in [5.74, 6) is -1.73. The van der Waals surface area contributed by atoms with Crippen LogP contribution in [0.25, 0.3) is 11.1 Å². The van der Waals surface area contributed by atoms with E-state index in [2.05, 4.69) is 29.6 Å². The largest absolute Gasteiger partial charge is 0.479 e. The highest BCUT2D eigenvalue weighted by Gasteiger charge is 2.48. The van der Waals surface area contributed by atoms with Crippen molar-refractivity contribution in [2.24, 2.45) is 5.92 Å². The molecule has 0 aliphatic heterocycles. The minimum atomic E-state index is -1.15. The number of aliphatic carboxylic acids is 1. The zero-order chi connectivity index (χ0) is 25.0. The van der Waals surface area contributed by atoms with Gasteiger partial charge in [-0.3, -0.25) is 4.79 Å². The van der Waals surface area contributed by atoms with Gasteiger partial charge in [0.2, 0.25) is 5.91 Å². The fourth-order valence-corrected chi connectivity index (χ4v) is 5.65. The molecule has 0 radical (unpaired) electrons. The van der Waals surface area contributed by atoms with Crippen LogP contribution in [0.1, 0.15) is 62.5 Å². The minimum absolute atomic E-state index is 0.0369. The van der Waals surface area contributed by atoms with Crippen LogP contribution in [-0.4, -0.2) is 53.7 Å². The summed E-state index contributed by atoms with van der Waals surface area (Å²) in [6.45, 7) is 2.29. The summed E-state index contributed by atoms with van der Waals surface area (Å²) in [4.78, 5) is 39.3. The Labute approximate surface area is 206 Å². The first kappa shape index (κ1) is 24.8. The number of carbonyl (C=O) groups is 3. The summed E-state index contributed by atoms with van der Waals surface area (Å²) in [5, 5.41) is 12.6. The highest BCUT2D eigenvalue weighted by Crippen LogP contribution is 2.44. The first-order chi connectivity index (χ1) is 16.9. The van der Waals surface area contributed by atoms with Crippen LogP contribution in [0.3, 0.4) is 0 Å². The first-order valence-corrected chi connectivity index (χ1v) is 12.5. The van der Waals surface area contributed by atoms with E-state index in [1.54, 1.807) is 7.05 Å². The lowest BCUT2D eigenvalue weighted by Gasteiger charge is -2.37. The zero-order valence-corrected chi connectivity index (χ0v) is 20.5. The van der Waals surface area contributed by atoms with Gasteiger partial charge in [-0.2, -0.15) is 0 Å². The fourth-order valence-electron chi connectivity index (χ4n) is 5.65. The molecule has 2 aromatic carbocycles. The summed E-state index contributed by atoms with van der Waals surface area (Å²) in [6, 6.07) is 16.3. The van der Waals surface area contributed by atoms with E-state index in [9.17, 15) is 19.5 Å². The van der Waals surface area contributed by atoms with Crippen molar-refractivity contribution >= 4 is 18.0 Å². The summed E-state index contributed by atoms with van der Waals surface area (Å²) >= 11 is 0. The van der Waals surface area contributed by atoms with Crippen molar-refractivity contribution < 1.29 is 24.2 Å². The second-order valence-corrected chi connectivity index (χ2v) is 9.63. The van der Waals surface area contributed by atoms with E-state index in [0.717, 1.165) is 41.5 Å². The molecule has 0 spiro atoms. The molecule has 7 nitrogen and oxygen atoms in total. The smallest absolute Gasteiger partial charge is 0.407 e. The molecule has 186 valence electrons. The average molecular weight is 479 g/mol. The molecule has 1 saturated carbocycles. The van der Waals surface area contributed by atoms with Gasteiger partial charge in [-0.15, -0.1) is 0 Å². The second-order valence-electron chi connectivity index (χ2n) is 9.63. The number of nitrogens with zero attached hydrogens (tertiary/aromatic N) is 1. The van der Waals surface area contributed by atoms with Crippen LogP contribution < -0.4 is 5.32 Å². The van der Waals surface area contributed by atoms with Crippen molar-refractivity contribution in [3.05, 3.63) is 59.7 Å². The molecule has 0 heterocycles. The van der Waals surface area contributed by atoms with Crippen molar-refractivity contribution in [1.29, 1.82) is 0 Å². The van der Waals surface area contributed by atoms with Crippen molar-refractivity contribution in [3.8, 4) is 11.1 Å². The number of nitrogens with one attached hydrogen (secondary N) is 1. The van der Waals surface area contributed by atoms with E-state index in [4.69, 9.17) is 4.74 Å². The van der Waals surface area contributed by atoms with Crippen LogP contribution in [-0.2, 0) is 14.3 Å². The van der Waals surface area contributed by atoms with E-state index < -0.39 is 23.5 Å². The predicted octanol–water partition coefficient (Wildman–Crippen LogP) is 4.80. The van der Waals surface area contributed by atoms with Gasteiger partial charge in [0.1, 0.15) is 12.1 Å². The van der Waals surface area contributed by atoms with E-state index in [0.29, 0.717) is 19.3 Å². The monoisotopic (exact) mass is 478 g/mol. The maximum absolute atomic E-state index is 13.3. The highest BCUT2D eigenvalue weighted by molar-refractivity contribution is 5.88. The lowest BCUT2D eigenvalue weighted by molar-refractivity contribution is -0.159. The summed E-state index contributed by atoms with van der Waals surface area (Å²) in [7, 11) is 1.58. The van der Waals surface area contributed by atoms with Crippen LogP contribution in [0.5, 0.6) is 0 Å². The number of hydrogen-bond acceptors (Lipinski definition) is 4. The molecule has 4 rings (SSSR count). The number of carbonyl (C=O) groups excluding carboxylic acids is 2. The Hall–Kier alpha value is -3.35. The van der Waals surface area contributed by atoms with Crippen LogP contribution in [0, 0.1) is 5.92 Å². The Morgan fingerprint density at radius 3 is 2.17 bits per heavy atom. The third-order valence-corrected chi connectivity index (χ3v) is 7.62. The van der Waals surface area contributed by atoms with Gasteiger partial charge in [-0.1, -0.05) is 74.7 Å². The first-order valence-electron chi connectivity index (χ1n) is 12.5. The van der Waals surface area contributed by atoms with Crippen LogP contribution in [0.15, 0.2) is 48.5 Å². The van der Waals surface area contributed by atoms with E-state index in [-0.39, 0.29) is 25.0 Å². The van der Waals surface area contributed by atoms with Gasteiger partial charge in [-0.25, -0.2) is 9.59 Å². The topological polar surface area (TPSA) is 95.9 Å². The summed E-state index contributed by atoms with van der Waals surface area (Å²) in [6.07, 6.45) is 3.24. The molecule has 2 N–H and O–H groups in total. The lowest BCUT2D eigenvalue weighted by atomic mass is 9.92. The van der Waals surface area contributed by atoms with Crippen molar-refractivity contribution in [3.63, 3.8) is 0 Å². The maximum atomic E-state index is 13.3. The molecule has 2 aliphatic rings. The Balaban J connectivity index is 1.37. The third kappa shape index (κ3) is 4.77. The Morgan fingerprint density at radius 2 is 1.63 bits per heavy atom. The Kier molecular flexibility index (Phi) is 7.43. The molecule has 35 heavy (non-hydrogen) atoms. The number of likely N-dealkylation sites (N-methyl/N-ethyl adjacent to an activating group) is 1. The second kappa shape index (κ2) is 10.5. The number of benzene rings is 2. The fraction of sp³-hybridized carbons (Fsp3) is 0.464. The zero-order valence-electron chi connectivity index (χ0n) is 20.5. The number of ether oxygens (including phenoxy) is 1. The van der Waals surface area contributed by atoms with Crippen LogP contribution in [0.2, 0.25) is 0 Å². The number of fused-ring (bicyclic) bond motifs is 3. The number of amides is 2. The van der Waals surface area contributed by atoms with Gasteiger partial charge in [0.25, 0.3) is 0 Å². The average Bonchev–Trinajstić information content (AvgIpc) is 3.49. The molecule has 1 unspecified atom stereocenters. The maximum Gasteiger partial charge on any atom is 0.407 e. The van der Waals surface area contributed by atoms with Crippen molar-refractivity contribution in [1.82, 2.24) is 10.2 Å². The molecular formula is C28H34N2O5. The van der Waals surface area contributed by atoms with Crippen molar-refractivity contribution in [2.75, 3.05) is 20.2 Å². The van der Waals surface area contributed by atoms with Crippen LogP contribution in [0.4, 0.5) is 4.79 Å². The van der Waals surface area contributed by atoms with E-state index >= 15 is 0 Å². The normalized spacial score (nSPS) is 16.7. The molecule has 2 aliphatic carbocycles. The molecule has 2 amide bonds. The number of hydrogen-bond donors (Lipinski definition) is 2. The molecule has 2 aromatic rings. The van der Waals surface area contributed by atoms with Gasteiger partial charge in [0.15, 0.2) is 0 Å². The van der Waals surface area contributed by atoms with E-state index in [1.165, 1.54) is 4.90 Å². The SMILES string of the molecule is CCCC(CNC(=O)OCC1c2ccccc2-c2ccccc21)C(=O)N(C)C1(C(=O)O)CCCC1. The standard InChI is InChI=1S/C28H34N2O5/c1-3-10-19(25(31)30(2)28(26(32)33)15-8-9-16-28)17-29-27(34)35-18-24-22-13-6-4-11-20(22)21-12-5-7-14-23(21)24/h4-7,11-14,19,24H,3,8-10,15-18H2,1-2H3,(H,29,34)(H,32,33). The third-order valence-electron chi connectivity index (χ3n) is 7.62. The van der Waals surface area contributed by atoms with Crippen molar-refractivity contribution in [2.45, 2.75) is 56.9 Å². The summed E-state index contributed by atoms with van der Waals surface area (Å²) in [5.41, 5.74) is 3.45. The van der Waals surface area contributed by atoms with Crippen LogP contribution >= 0.6 is 0 Å². The van der Waals surface area contributed by atoms with Gasteiger partial charge in [-0.05, 0) is 41.5 Å². The minimum Gasteiger partial charge on any atom is -0.479 e. The lowest BCUT2D eigenvalue weighted by Crippen LogP contribution is -2.56. The molecular weight excluding hydrogens is 444 g/mol. The number of alkyl carbamates (subject to hydrolysis) is 1. The molecule has 1 atom stereocenters. The highest BCUT2D eigenvalue weighted by atomic mass is 16.5. The number of carboxylic acid groups (broad SMARTS) is 1. The Bertz CT molecular complexity index is 1050. The number of rotatable bonds is 9.